The molecule has 1 rings (SSSR count). The Morgan fingerprint density at radius 1 is 1.67 bits per heavy atom. The lowest BCUT2D eigenvalue weighted by Crippen LogP contribution is -2.45. The van der Waals surface area contributed by atoms with Gasteiger partial charge >= 0.3 is 0 Å². The summed E-state index contributed by atoms with van der Waals surface area (Å²) in [5.41, 5.74) is 0. The molecule has 70 valence electrons. The molecule has 0 bridgehead atoms. The first kappa shape index (κ1) is 10.0. The van der Waals surface area contributed by atoms with Crippen LogP contribution in [0.2, 0.25) is 0 Å². The Bertz CT molecular complexity index is 155. The van der Waals surface area contributed by atoms with E-state index in [1.807, 2.05) is 6.92 Å². The van der Waals surface area contributed by atoms with Gasteiger partial charge in [0.2, 0.25) is 0 Å². The van der Waals surface area contributed by atoms with E-state index in [-0.39, 0.29) is 0 Å². The Morgan fingerprint density at radius 3 is 2.83 bits per heavy atom. The molecule has 1 aliphatic carbocycles. The number of halogens is 1. The molecule has 0 amide bonds. The van der Waals surface area contributed by atoms with Crippen molar-refractivity contribution in [3.05, 3.63) is 11.6 Å². The van der Waals surface area contributed by atoms with Gasteiger partial charge in [0.05, 0.1) is 6.10 Å². The van der Waals surface area contributed by atoms with Crippen LogP contribution in [0.4, 0.5) is 0 Å². The summed E-state index contributed by atoms with van der Waals surface area (Å²) in [5, 5.41) is 3.97. The minimum absolute atomic E-state index is 0.469. The quantitative estimate of drug-likeness (QED) is 0.714. The molecule has 0 heterocycles. The van der Waals surface area contributed by atoms with Crippen LogP contribution in [-0.2, 0) is 4.74 Å². The van der Waals surface area contributed by atoms with Crippen LogP contribution in [-0.4, -0.2) is 25.3 Å². The predicted molar refractivity (Wildman–Crippen MR) is 51.4 cm³/mol. The normalized spacial score (nSPS) is 28.2. The first-order valence-corrected chi connectivity index (χ1v) is 4.78. The van der Waals surface area contributed by atoms with Crippen molar-refractivity contribution in [1.29, 1.82) is 0 Å². The van der Waals surface area contributed by atoms with Gasteiger partial charge in [-0.05, 0) is 19.8 Å². The van der Waals surface area contributed by atoms with E-state index in [9.17, 15) is 0 Å². The van der Waals surface area contributed by atoms with Gasteiger partial charge in [0.25, 0.3) is 0 Å². The Balaban J connectivity index is 1.98. The summed E-state index contributed by atoms with van der Waals surface area (Å²) in [4.78, 5) is 0. The Labute approximate surface area is 78.9 Å². The molecule has 1 saturated carbocycles. The van der Waals surface area contributed by atoms with Gasteiger partial charge in [-0.2, -0.15) is 0 Å². The van der Waals surface area contributed by atoms with Crippen molar-refractivity contribution in [3.8, 4) is 0 Å². The molecule has 1 aliphatic rings. The monoisotopic (exact) mass is 189 g/mol. The summed E-state index contributed by atoms with van der Waals surface area (Å²) >= 11 is 5.61. The van der Waals surface area contributed by atoms with Crippen LogP contribution < -0.4 is 5.32 Å². The van der Waals surface area contributed by atoms with E-state index in [0.717, 1.165) is 19.4 Å². The van der Waals surface area contributed by atoms with Crippen molar-refractivity contribution in [2.45, 2.75) is 31.9 Å². The van der Waals surface area contributed by atoms with Gasteiger partial charge in [-0.3, -0.25) is 0 Å². The van der Waals surface area contributed by atoms with Crippen molar-refractivity contribution in [3.63, 3.8) is 0 Å². The molecule has 0 aromatic heterocycles. The molecule has 0 saturated heterocycles. The molecule has 0 atom stereocenters. The number of hydrogen-bond acceptors (Lipinski definition) is 2. The number of hydrogen-bond donors (Lipinski definition) is 1. The summed E-state index contributed by atoms with van der Waals surface area (Å²) in [6.45, 7) is 7.17. The summed E-state index contributed by atoms with van der Waals surface area (Å²) in [6.07, 6.45) is 2.69. The van der Waals surface area contributed by atoms with Gasteiger partial charge < -0.3 is 10.1 Å². The molecule has 1 N–H and O–H groups in total. The van der Waals surface area contributed by atoms with Gasteiger partial charge in [-0.15, -0.1) is 0 Å². The van der Waals surface area contributed by atoms with E-state index >= 15 is 0 Å². The molecule has 0 aliphatic heterocycles. The van der Waals surface area contributed by atoms with Crippen molar-refractivity contribution < 1.29 is 4.74 Å². The third-order valence-electron chi connectivity index (χ3n) is 2.08. The third kappa shape index (κ3) is 3.13. The Kier molecular flexibility index (Phi) is 4.06. The topological polar surface area (TPSA) is 21.3 Å². The molecule has 0 aromatic carbocycles. The zero-order valence-corrected chi connectivity index (χ0v) is 8.23. The summed E-state index contributed by atoms with van der Waals surface area (Å²) in [7, 11) is 0. The van der Waals surface area contributed by atoms with E-state index in [1.165, 1.54) is 0 Å². The standard InChI is InChI=1S/C9H16ClNO/c1-3-12-9-4-8(5-9)11-6-7(2)10/h8-9,11H,2-6H2,1H3. The molecule has 0 aromatic rings. The van der Waals surface area contributed by atoms with Crippen LogP contribution >= 0.6 is 11.6 Å². The van der Waals surface area contributed by atoms with Crippen LogP contribution in [0.15, 0.2) is 11.6 Å². The lowest BCUT2D eigenvalue weighted by Gasteiger charge is -2.35. The van der Waals surface area contributed by atoms with Gasteiger partial charge in [0.1, 0.15) is 0 Å². The molecular formula is C9H16ClNO. The van der Waals surface area contributed by atoms with Crippen LogP contribution in [0.1, 0.15) is 19.8 Å². The number of rotatable bonds is 5. The minimum Gasteiger partial charge on any atom is -0.378 e. The van der Waals surface area contributed by atoms with E-state index in [0.29, 0.717) is 23.7 Å². The van der Waals surface area contributed by atoms with Gasteiger partial charge in [-0.1, -0.05) is 18.2 Å². The highest BCUT2D eigenvalue weighted by Gasteiger charge is 2.28. The fourth-order valence-electron chi connectivity index (χ4n) is 1.36. The maximum absolute atomic E-state index is 5.61. The Morgan fingerprint density at radius 2 is 2.33 bits per heavy atom. The molecule has 3 heteroatoms. The molecule has 12 heavy (non-hydrogen) atoms. The molecule has 0 spiro atoms. The Hall–Kier alpha value is -0.0500. The van der Waals surface area contributed by atoms with Gasteiger partial charge in [0, 0.05) is 24.2 Å². The maximum Gasteiger partial charge on any atom is 0.0604 e. The maximum atomic E-state index is 5.61. The molecule has 2 nitrogen and oxygen atoms in total. The minimum atomic E-state index is 0.469. The summed E-state index contributed by atoms with van der Waals surface area (Å²) < 4.78 is 5.42. The first-order valence-electron chi connectivity index (χ1n) is 4.40. The average molecular weight is 190 g/mol. The fourth-order valence-corrected chi connectivity index (χ4v) is 1.44. The second kappa shape index (κ2) is 4.85. The second-order valence-electron chi connectivity index (χ2n) is 3.14. The van der Waals surface area contributed by atoms with Gasteiger partial charge in [-0.25, -0.2) is 0 Å². The summed E-state index contributed by atoms with van der Waals surface area (Å²) in [5.74, 6) is 0. The molecule has 0 unspecified atom stereocenters. The van der Waals surface area contributed by atoms with Crippen molar-refractivity contribution >= 4 is 11.6 Å². The molecule has 1 fully saturated rings. The molecular weight excluding hydrogens is 174 g/mol. The SMILES string of the molecule is C=C(Cl)CNC1CC(OCC)C1. The smallest absolute Gasteiger partial charge is 0.0604 e. The van der Waals surface area contributed by atoms with Crippen LogP contribution in [0, 0.1) is 0 Å². The molecule has 0 radical (unpaired) electrons. The highest BCUT2D eigenvalue weighted by Crippen LogP contribution is 2.23. The van der Waals surface area contributed by atoms with E-state index in [2.05, 4.69) is 11.9 Å². The number of nitrogens with one attached hydrogen (secondary N) is 1. The number of ether oxygens (including phenoxy) is 1. The van der Waals surface area contributed by atoms with Crippen molar-refractivity contribution in [2.75, 3.05) is 13.2 Å². The van der Waals surface area contributed by atoms with Crippen LogP contribution in [0.25, 0.3) is 0 Å². The van der Waals surface area contributed by atoms with E-state index < -0.39 is 0 Å². The average Bonchev–Trinajstić information content (AvgIpc) is 1.93. The van der Waals surface area contributed by atoms with Crippen molar-refractivity contribution in [2.24, 2.45) is 0 Å². The second-order valence-corrected chi connectivity index (χ2v) is 3.68. The van der Waals surface area contributed by atoms with E-state index in [1.54, 1.807) is 0 Å². The third-order valence-corrected chi connectivity index (χ3v) is 2.21. The zero-order chi connectivity index (χ0) is 8.97. The fraction of sp³-hybridized carbons (Fsp3) is 0.778. The van der Waals surface area contributed by atoms with Crippen LogP contribution in [0.5, 0.6) is 0 Å². The lowest BCUT2D eigenvalue weighted by atomic mass is 9.89. The zero-order valence-electron chi connectivity index (χ0n) is 7.48. The highest BCUT2D eigenvalue weighted by atomic mass is 35.5. The lowest BCUT2D eigenvalue weighted by molar-refractivity contribution is -0.00904. The van der Waals surface area contributed by atoms with E-state index in [4.69, 9.17) is 16.3 Å². The summed E-state index contributed by atoms with van der Waals surface area (Å²) in [6, 6.07) is 0.581. The van der Waals surface area contributed by atoms with Crippen LogP contribution in [0.3, 0.4) is 0 Å². The van der Waals surface area contributed by atoms with Crippen molar-refractivity contribution in [1.82, 2.24) is 5.32 Å². The van der Waals surface area contributed by atoms with Gasteiger partial charge in [0.15, 0.2) is 0 Å². The predicted octanol–water partition coefficient (Wildman–Crippen LogP) is 1.90. The highest BCUT2D eigenvalue weighted by molar-refractivity contribution is 6.29. The first-order chi connectivity index (χ1) is 5.72. The largest absolute Gasteiger partial charge is 0.378 e.